The molecule has 0 saturated heterocycles. The van der Waals surface area contributed by atoms with Gasteiger partial charge in [0.15, 0.2) is 0 Å². The molecular weight excluding hydrogens is 236 g/mol. The standard InChI is InChI=1S/C10H13ClO3S/c1-8(7-14-15(2,12)13)9-4-3-5-10(11)6-9/h3-6,8H,7H2,1-2H3/t8-/m0/s1. The summed E-state index contributed by atoms with van der Waals surface area (Å²) in [7, 11) is -3.37. The van der Waals surface area contributed by atoms with E-state index in [1.807, 2.05) is 19.1 Å². The van der Waals surface area contributed by atoms with Gasteiger partial charge in [0.1, 0.15) is 0 Å². The van der Waals surface area contributed by atoms with E-state index in [1.54, 1.807) is 12.1 Å². The van der Waals surface area contributed by atoms with Crippen molar-refractivity contribution in [2.24, 2.45) is 0 Å². The molecule has 0 saturated carbocycles. The lowest BCUT2D eigenvalue weighted by molar-refractivity contribution is 0.301. The van der Waals surface area contributed by atoms with Crippen molar-refractivity contribution in [2.45, 2.75) is 12.8 Å². The highest BCUT2D eigenvalue weighted by atomic mass is 35.5. The van der Waals surface area contributed by atoms with Crippen molar-refractivity contribution in [3.8, 4) is 0 Å². The summed E-state index contributed by atoms with van der Waals surface area (Å²) < 4.78 is 26.3. The lowest BCUT2D eigenvalue weighted by atomic mass is 10.0. The largest absolute Gasteiger partial charge is 0.270 e. The maximum atomic E-state index is 10.8. The van der Waals surface area contributed by atoms with Gasteiger partial charge in [-0.25, -0.2) is 0 Å². The van der Waals surface area contributed by atoms with Crippen LogP contribution in [0.1, 0.15) is 18.4 Å². The fourth-order valence-electron chi connectivity index (χ4n) is 1.14. The molecule has 3 nitrogen and oxygen atoms in total. The summed E-state index contributed by atoms with van der Waals surface area (Å²) in [5.41, 5.74) is 0.964. The van der Waals surface area contributed by atoms with Crippen molar-refractivity contribution >= 4 is 21.7 Å². The number of hydrogen-bond acceptors (Lipinski definition) is 3. The van der Waals surface area contributed by atoms with Crippen LogP contribution in [0.3, 0.4) is 0 Å². The summed E-state index contributed by atoms with van der Waals surface area (Å²) in [6, 6.07) is 7.30. The van der Waals surface area contributed by atoms with E-state index in [0.717, 1.165) is 11.8 Å². The molecule has 1 rings (SSSR count). The molecule has 0 aromatic heterocycles. The fourth-order valence-corrected chi connectivity index (χ4v) is 1.79. The van der Waals surface area contributed by atoms with Crippen molar-refractivity contribution in [1.29, 1.82) is 0 Å². The van der Waals surface area contributed by atoms with Crippen LogP contribution in [0, 0.1) is 0 Å². The first kappa shape index (κ1) is 12.5. The highest BCUT2D eigenvalue weighted by Gasteiger charge is 2.09. The summed E-state index contributed by atoms with van der Waals surface area (Å²) in [5.74, 6) is -0.00146. The number of halogens is 1. The van der Waals surface area contributed by atoms with Gasteiger partial charge in [-0.3, -0.25) is 4.18 Å². The molecule has 0 aliphatic heterocycles. The molecule has 1 aromatic carbocycles. The molecule has 84 valence electrons. The summed E-state index contributed by atoms with van der Waals surface area (Å²) >= 11 is 5.82. The van der Waals surface area contributed by atoms with E-state index in [9.17, 15) is 8.42 Å². The minimum absolute atomic E-state index is 0.00146. The van der Waals surface area contributed by atoms with E-state index in [1.165, 1.54) is 0 Å². The zero-order valence-electron chi connectivity index (χ0n) is 8.60. The molecule has 15 heavy (non-hydrogen) atoms. The quantitative estimate of drug-likeness (QED) is 0.769. The highest BCUT2D eigenvalue weighted by molar-refractivity contribution is 7.85. The number of hydrogen-bond donors (Lipinski definition) is 0. The summed E-state index contributed by atoms with van der Waals surface area (Å²) in [6.45, 7) is 2.02. The molecule has 0 N–H and O–H groups in total. The van der Waals surface area contributed by atoms with Gasteiger partial charge in [0.25, 0.3) is 10.1 Å². The van der Waals surface area contributed by atoms with Crippen molar-refractivity contribution in [2.75, 3.05) is 12.9 Å². The highest BCUT2D eigenvalue weighted by Crippen LogP contribution is 2.19. The molecular formula is C10H13ClO3S. The Kier molecular flexibility index (Phi) is 4.13. The van der Waals surface area contributed by atoms with Gasteiger partial charge in [-0.15, -0.1) is 0 Å². The Balaban J connectivity index is 2.65. The maximum absolute atomic E-state index is 10.8. The van der Waals surface area contributed by atoms with Crippen LogP contribution in [-0.2, 0) is 14.3 Å². The van der Waals surface area contributed by atoms with Crippen LogP contribution >= 0.6 is 11.6 Å². The normalized spacial score (nSPS) is 13.8. The van der Waals surface area contributed by atoms with Gasteiger partial charge in [-0.2, -0.15) is 8.42 Å². The molecule has 0 aliphatic carbocycles. The fraction of sp³-hybridized carbons (Fsp3) is 0.400. The van der Waals surface area contributed by atoms with Crippen LogP contribution in [0.2, 0.25) is 5.02 Å². The second kappa shape index (κ2) is 4.96. The van der Waals surface area contributed by atoms with Crippen molar-refractivity contribution in [1.82, 2.24) is 0 Å². The number of benzene rings is 1. The Labute approximate surface area is 95.1 Å². The molecule has 0 aliphatic rings. The van der Waals surface area contributed by atoms with Crippen molar-refractivity contribution in [3.05, 3.63) is 34.9 Å². The predicted molar refractivity (Wildman–Crippen MR) is 60.7 cm³/mol. The van der Waals surface area contributed by atoms with Crippen LogP contribution in [-0.4, -0.2) is 21.3 Å². The Hall–Kier alpha value is -0.580. The van der Waals surface area contributed by atoms with E-state index in [2.05, 4.69) is 0 Å². The molecule has 0 bridgehead atoms. The topological polar surface area (TPSA) is 43.4 Å². The lowest BCUT2D eigenvalue weighted by Gasteiger charge is -2.11. The minimum atomic E-state index is -3.37. The second-order valence-electron chi connectivity index (χ2n) is 3.44. The lowest BCUT2D eigenvalue weighted by Crippen LogP contribution is -2.09. The molecule has 5 heteroatoms. The zero-order chi connectivity index (χ0) is 11.5. The Morgan fingerprint density at radius 1 is 1.47 bits per heavy atom. The molecule has 0 unspecified atom stereocenters. The van der Waals surface area contributed by atoms with Crippen LogP contribution in [0.4, 0.5) is 0 Å². The summed E-state index contributed by atoms with van der Waals surface area (Å²) in [4.78, 5) is 0. The van der Waals surface area contributed by atoms with E-state index in [0.29, 0.717) is 5.02 Å². The van der Waals surface area contributed by atoms with Crippen molar-refractivity contribution in [3.63, 3.8) is 0 Å². The summed E-state index contributed by atoms with van der Waals surface area (Å²) in [6.07, 6.45) is 1.04. The molecule has 0 heterocycles. The predicted octanol–water partition coefficient (Wildman–Crippen LogP) is 2.42. The maximum Gasteiger partial charge on any atom is 0.264 e. The minimum Gasteiger partial charge on any atom is -0.270 e. The first-order chi connectivity index (χ1) is 6.88. The average Bonchev–Trinajstić information content (AvgIpc) is 2.13. The smallest absolute Gasteiger partial charge is 0.264 e. The third-order valence-electron chi connectivity index (χ3n) is 1.95. The van der Waals surface area contributed by atoms with Gasteiger partial charge in [0, 0.05) is 10.9 Å². The van der Waals surface area contributed by atoms with Gasteiger partial charge in [-0.1, -0.05) is 30.7 Å². The van der Waals surface area contributed by atoms with Crippen LogP contribution in [0.15, 0.2) is 24.3 Å². The monoisotopic (exact) mass is 248 g/mol. The van der Waals surface area contributed by atoms with Crippen molar-refractivity contribution < 1.29 is 12.6 Å². The third kappa shape index (κ3) is 4.64. The molecule has 0 fully saturated rings. The third-order valence-corrected chi connectivity index (χ3v) is 2.75. The summed E-state index contributed by atoms with van der Waals surface area (Å²) in [5, 5.41) is 0.638. The molecule has 1 atom stereocenters. The molecule has 0 amide bonds. The van der Waals surface area contributed by atoms with Crippen LogP contribution in [0.5, 0.6) is 0 Å². The van der Waals surface area contributed by atoms with E-state index >= 15 is 0 Å². The first-order valence-corrected chi connectivity index (χ1v) is 6.68. The van der Waals surface area contributed by atoms with Crippen LogP contribution in [0.25, 0.3) is 0 Å². The van der Waals surface area contributed by atoms with Crippen LogP contribution < -0.4 is 0 Å². The Morgan fingerprint density at radius 3 is 2.67 bits per heavy atom. The Morgan fingerprint density at radius 2 is 2.13 bits per heavy atom. The average molecular weight is 249 g/mol. The Bertz CT molecular complexity index is 428. The number of rotatable bonds is 4. The molecule has 0 spiro atoms. The molecule has 1 aromatic rings. The second-order valence-corrected chi connectivity index (χ2v) is 5.53. The van der Waals surface area contributed by atoms with E-state index in [4.69, 9.17) is 15.8 Å². The first-order valence-electron chi connectivity index (χ1n) is 4.48. The van der Waals surface area contributed by atoms with Gasteiger partial charge in [0.05, 0.1) is 12.9 Å². The van der Waals surface area contributed by atoms with Gasteiger partial charge >= 0.3 is 0 Å². The van der Waals surface area contributed by atoms with E-state index in [-0.39, 0.29) is 12.5 Å². The van der Waals surface area contributed by atoms with Gasteiger partial charge < -0.3 is 0 Å². The SMILES string of the molecule is C[C@@H](COS(C)(=O)=O)c1cccc(Cl)c1. The molecule has 0 radical (unpaired) electrons. The van der Waals surface area contributed by atoms with Gasteiger partial charge in [0.2, 0.25) is 0 Å². The zero-order valence-corrected chi connectivity index (χ0v) is 10.2. The van der Waals surface area contributed by atoms with Gasteiger partial charge in [-0.05, 0) is 17.7 Å². The van der Waals surface area contributed by atoms with E-state index < -0.39 is 10.1 Å².